The Morgan fingerprint density at radius 3 is 2.45 bits per heavy atom. The van der Waals surface area contributed by atoms with E-state index >= 15 is 0 Å². The summed E-state index contributed by atoms with van der Waals surface area (Å²) in [5, 5.41) is 4.87. The lowest BCUT2D eigenvalue weighted by molar-refractivity contribution is 0.830. The third kappa shape index (κ3) is 1.81. The first-order valence-corrected chi connectivity index (χ1v) is 6.71. The van der Waals surface area contributed by atoms with Gasteiger partial charge in [-0.05, 0) is 12.1 Å². The van der Waals surface area contributed by atoms with E-state index in [0.717, 1.165) is 4.52 Å². The van der Waals surface area contributed by atoms with E-state index in [0.29, 0.717) is 16.5 Å². The Hall–Kier alpha value is -3.28. The maximum atomic E-state index is 12.3. The summed E-state index contributed by atoms with van der Waals surface area (Å²) >= 11 is 0. The van der Waals surface area contributed by atoms with Crippen molar-refractivity contribution in [3.63, 3.8) is 0 Å². The average Bonchev–Trinajstić information content (AvgIpc) is 2.55. The van der Waals surface area contributed by atoms with Crippen LogP contribution in [0.1, 0.15) is 0 Å². The molecule has 6 nitrogen and oxygen atoms in total. The van der Waals surface area contributed by atoms with Gasteiger partial charge in [0.2, 0.25) is 0 Å². The van der Waals surface area contributed by atoms with Crippen LogP contribution in [-0.2, 0) is 0 Å². The number of aromatic amines is 1. The van der Waals surface area contributed by atoms with E-state index in [1.54, 1.807) is 42.5 Å². The van der Waals surface area contributed by atoms with Crippen LogP contribution < -0.4 is 11.2 Å². The second-order valence-electron chi connectivity index (χ2n) is 4.84. The summed E-state index contributed by atoms with van der Waals surface area (Å²) in [5.74, 6) is 0. The first-order valence-electron chi connectivity index (χ1n) is 6.71. The number of H-pyrrole nitrogens is 1. The standard InChI is InChI=1S/C16H10N4O2/c21-15-13(10-6-2-1-3-7-10)19-20-14(18-15)11-8-4-5-9-12(11)17-16(20)22/h1-9H,(H,17,22). The van der Waals surface area contributed by atoms with Crippen molar-refractivity contribution in [1.82, 2.24) is 19.6 Å². The minimum Gasteiger partial charge on any atom is -0.305 e. The molecule has 0 fully saturated rings. The number of para-hydroxylation sites is 1. The van der Waals surface area contributed by atoms with Gasteiger partial charge in [0, 0.05) is 10.9 Å². The van der Waals surface area contributed by atoms with Gasteiger partial charge in [0.1, 0.15) is 0 Å². The lowest BCUT2D eigenvalue weighted by Gasteiger charge is -2.05. The highest BCUT2D eigenvalue weighted by Gasteiger charge is 2.12. The van der Waals surface area contributed by atoms with Crippen LogP contribution in [0.25, 0.3) is 27.8 Å². The van der Waals surface area contributed by atoms with Crippen molar-refractivity contribution < 1.29 is 0 Å². The topological polar surface area (TPSA) is 80.1 Å². The highest BCUT2D eigenvalue weighted by atomic mass is 16.1. The average molecular weight is 290 g/mol. The summed E-state index contributed by atoms with van der Waals surface area (Å²) in [6.45, 7) is 0. The maximum absolute atomic E-state index is 12.3. The summed E-state index contributed by atoms with van der Waals surface area (Å²) < 4.78 is 1.13. The van der Waals surface area contributed by atoms with E-state index in [4.69, 9.17) is 0 Å². The highest BCUT2D eigenvalue weighted by Crippen LogP contribution is 2.15. The van der Waals surface area contributed by atoms with Crippen molar-refractivity contribution in [2.75, 3.05) is 0 Å². The number of hydrogen-bond acceptors (Lipinski definition) is 4. The van der Waals surface area contributed by atoms with Crippen molar-refractivity contribution in [2.45, 2.75) is 0 Å². The summed E-state index contributed by atoms with van der Waals surface area (Å²) in [7, 11) is 0. The van der Waals surface area contributed by atoms with Gasteiger partial charge in [-0.15, -0.1) is 0 Å². The molecule has 0 aliphatic carbocycles. The molecule has 1 N–H and O–H groups in total. The smallest absolute Gasteiger partial charge is 0.305 e. The van der Waals surface area contributed by atoms with Gasteiger partial charge < -0.3 is 4.98 Å². The SMILES string of the molecule is O=c1nc2c3ccccc3[nH]c(=O)n2nc1-c1ccccc1. The Morgan fingerprint density at radius 1 is 0.909 bits per heavy atom. The monoisotopic (exact) mass is 290 g/mol. The molecule has 2 heterocycles. The van der Waals surface area contributed by atoms with Crippen molar-refractivity contribution in [3.8, 4) is 11.3 Å². The fourth-order valence-electron chi connectivity index (χ4n) is 2.44. The molecular formula is C16H10N4O2. The Labute approximate surface area is 123 Å². The fourth-order valence-corrected chi connectivity index (χ4v) is 2.44. The van der Waals surface area contributed by atoms with Crippen LogP contribution in [0.3, 0.4) is 0 Å². The summed E-state index contributed by atoms with van der Waals surface area (Å²) in [4.78, 5) is 31.3. The van der Waals surface area contributed by atoms with E-state index in [1.165, 1.54) is 0 Å². The molecule has 6 heteroatoms. The Morgan fingerprint density at radius 2 is 1.64 bits per heavy atom. The van der Waals surface area contributed by atoms with Crippen molar-refractivity contribution in [2.24, 2.45) is 0 Å². The van der Waals surface area contributed by atoms with E-state index in [9.17, 15) is 9.59 Å². The highest BCUT2D eigenvalue weighted by molar-refractivity contribution is 5.90. The molecule has 2 aromatic heterocycles. The Balaban J connectivity index is 2.15. The largest absolute Gasteiger partial charge is 0.348 e. The van der Waals surface area contributed by atoms with Crippen LogP contribution in [0, 0.1) is 0 Å². The third-order valence-electron chi connectivity index (χ3n) is 3.46. The van der Waals surface area contributed by atoms with Crippen LogP contribution in [0.2, 0.25) is 0 Å². The molecule has 0 saturated carbocycles. The normalized spacial score (nSPS) is 11.1. The number of nitrogens with one attached hydrogen (secondary N) is 1. The number of rotatable bonds is 1. The first kappa shape index (κ1) is 12.5. The fraction of sp³-hybridized carbons (Fsp3) is 0. The van der Waals surface area contributed by atoms with Crippen LogP contribution in [0.15, 0.2) is 64.2 Å². The second-order valence-corrected chi connectivity index (χ2v) is 4.84. The zero-order chi connectivity index (χ0) is 15.1. The van der Waals surface area contributed by atoms with Gasteiger partial charge in [-0.3, -0.25) is 4.79 Å². The van der Waals surface area contributed by atoms with Gasteiger partial charge in [0.25, 0.3) is 5.56 Å². The van der Waals surface area contributed by atoms with Gasteiger partial charge >= 0.3 is 5.69 Å². The summed E-state index contributed by atoms with van der Waals surface area (Å²) in [5.41, 5.74) is 0.763. The molecule has 2 aromatic carbocycles. The molecular weight excluding hydrogens is 280 g/mol. The quantitative estimate of drug-likeness (QED) is 0.540. The molecule has 106 valence electrons. The van der Waals surface area contributed by atoms with Gasteiger partial charge in [0.15, 0.2) is 11.3 Å². The maximum Gasteiger partial charge on any atom is 0.348 e. The van der Waals surface area contributed by atoms with Crippen LogP contribution >= 0.6 is 0 Å². The minimum atomic E-state index is -0.457. The molecule has 4 rings (SSSR count). The molecule has 4 aromatic rings. The molecule has 0 aliphatic rings. The Kier molecular flexibility index (Phi) is 2.62. The van der Waals surface area contributed by atoms with Crippen molar-refractivity contribution >= 4 is 16.6 Å². The van der Waals surface area contributed by atoms with E-state index in [2.05, 4.69) is 15.1 Å². The molecule has 0 aliphatic heterocycles. The van der Waals surface area contributed by atoms with E-state index in [-0.39, 0.29) is 11.3 Å². The number of hydrogen-bond donors (Lipinski definition) is 1. The van der Waals surface area contributed by atoms with Crippen molar-refractivity contribution in [3.05, 3.63) is 75.4 Å². The van der Waals surface area contributed by atoms with Crippen LogP contribution in [0.4, 0.5) is 0 Å². The van der Waals surface area contributed by atoms with Crippen molar-refractivity contribution in [1.29, 1.82) is 0 Å². The van der Waals surface area contributed by atoms with E-state index in [1.807, 2.05) is 12.1 Å². The van der Waals surface area contributed by atoms with Gasteiger partial charge in [-0.1, -0.05) is 42.5 Å². The number of fused-ring (bicyclic) bond motifs is 3. The zero-order valence-corrected chi connectivity index (χ0v) is 11.4. The lowest BCUT2D eigenvalue weighted by Crippen LogP contribution is -2.25. The Bertz CT molecular complexity index is 1110. The molecule has 0 amide bonds. The third-order valence-corrected chi connectivity index (χ3v) is 3.46. The molecule has 0 saturated heterocycles. The summed E-state index contributed by atoms with van der Waals surface area (Å²) in [6, 6.07) is 16.1. The van der Waals surface area contributed by atoms with Gasteiger partial charge in [0.05, 0.1) is 5.52 Å². The lowest BCUT2D eigenvalue weighted by atomic mass is 10.2. The van der Waals surface area contributed by atoms with Crippen LogP contribution in [-0.4, -0.2) is 19.6 Å². The second kappa shape index (κ2) is 4.63. The first-order chi connectivity index (χ1) is 10.7. The van der Waals surface area contributed by atoms with Gasteiger partial charge in [-0.2, -0.15) is 14.6 Å². The molecule has 0 spiro atoms. The summed E-state index contributed by atoms with van der Waals surface area (Å²) in [6.07, 6.45) is 0. The molecule has 0 radical (unpaired) electrons. The molecule has 22 heavy (non-hydrogen) atoms. The number of nitrogens with zero attached hydrogens (tertiary/aromatic N) is 3. The molecule has 0 atom stereocenters. The molecule has 0 bridgehead atoms. The predicted molar refractivity (Wildman–Crippen MR) is 82.8 cm³/mol. The predicted octanol–water partition coefficient (Wildman–Crippen LogP) is 1.60. The van der Waals surface area contributed by atoms with E-state index < -0.39 is 11.2 Å². The minimum absolute atomic E-state index is 0.152. The number of benzene rings is 2. The van der Waals surface area contributed by atoms with Crippen LogP contribution in [0.5, 0.6) is 0 Å². The molecule has 0 unspecified atom stereocenters. The number of aromatic nitrogens is 4. The zero-order valence-electron chi connectivity index (χ0n) is 11.4. The van der Waals surface area contributed by atoms with Gasteiger partial charge in [-0.25, -0.2) is 4.79 Å².